The Balaban J connectivity index is 1.57. The topological polar surface area (TPSA) is 98.7 Å². The number of benzene rings is 1. The summed E-state index contributed by atoms with van der Waals surface area (Å²) in [6.45, 7) is -1.29. The molecule has 1 aromatic carbocycles. The average Bonchev–Trinajstić information content (AvgIpc) is 3.36. The van der Waals surface area contributed by atoms with Crippen molar-refractivity contribution in [3.63, 3.8) is 0 Å². The number of hydrogen-bond acceptors (Lipinski definition) is 5. The van der Waals surface area contributed by atoms with Gasteiger partial charge in [0.25, 0.3) is 18.3 Å². The van der Waals surface area contributed by atoms with Gasteiger partial charge in [0, 0.05) is 42.4 Å². The number of hydrogen-bond donors (Lipinski definition) is 2. The van der Waals surface area contributed by atoms with Gasteiger partial charge in [-0.3, -0.25) is 14.5 Å². The van der Waals surface area contributed by atoms with Crippen LogP contribution in [0.25, 0.3) is 11.1 Å². The number of nitrogens with zero attached hydrogens (tertiary/aromatic N) is 4. The van der Waals surface area contributed by atoms with Crippen molar-refractivity contribution in [3.05, 3.63) is 94.2 Å². The monoisotopic (exact) mass is 678 g/mol. The molecule has 0 saturated carbocycles. The van der Waals surface area contributed by atoms with E-state index in [2.05, 4.69) is 20.4 Å². The van der Waals surface area contributed by atoms with Crippen LogP contribution >= 0.6 is 0 Å². The highest BCUT2D eigenvalue weighted by molar-refractivity contribution is 5.77. The van der Waals surface area contributed by atoms with Crippen LogP contribution in [0, 0.1) is 11.6 Å². The molecule has 47 heavy (non-hydrogen) atoms. The molecule has 0 unspecified atom stereocenters. The summed E-state index contributed by atoms with van der Waals surface area (Å²) in [7, 11) is 0. The maximum atomic E-state index is 14.9. The van der Waals surface area contributed by atoms with Gasteiger partial charge in [0.1, 0.15) is 35.4 Å². The second kappa shape index (κ2) is 12.1. The Morgan fingerprint density at radius 1 is 0.979 bits per heavy atom. The first-order valence-electron chi connectivity index (χ1n) is 13.5. The molecule has 0 radical (unpaired) electrons. The van der Waals surface area contributed by atoms with E-state index in [0.717, 1.165) is 18.3 Å². The van der Waals surface area contributed by atoms with Gasteiger partial charge < -0.3 is 11.1 Å². The summed E-state index contributed by atoms with van der Waals surface area (Å²) in [6, 6.07) is 4.05. The molecule has 0 saturated heterocycles. The lowest BCUT2D eigenvalue weighted by molar-refractivity contribution is -0.137. The van der Waals surface area contributed by atoms with Crippen LogP contribution < -0.4 is 11.1 Å². The van der Waals surface area contributed by atoms with E-state index in [-0.39, 0.29) is 27.1 Å². The molecule has 0 aliphatic heterocycles. The fraction of sp³-hybridized carbons (Fsp3) is 0.310. The van der Waals surface area contributed by atoms with Crippen LogP contribution in [0.5, 0.6) is 0 Å². The van der Waals surface area contributed by atoms with Gasteiger partial charge in [0.05, 0.1) is 22.9 Å². The van der Waals surface area contributed by atoms with E-state index in [1.807, 2.05) is 0 Å². The van der Waals surface area contributed by atoms with Crippen molar-refractivity contribution in [2.45, 2.75) is 56.3 Å². The Kier molecular flexibility index (Phi) is 8.65. The normalized spacial score (nSPS) is 16.2. The number of halogens is 11. The Hall–Kier alpha value is -4.77. The lowest BCUT2D eigenvalue weighted by atomic mass is 9.89. The summed E-state index contributed by atoms with van der Waals surface area (Å²) >= 11 is 0. The second-order valence-corrected chi connectivity index (χ2v) is 10.7. The van der Waals surface area contributed by atoms with Gasteiger partial charge >= 0.3 is 6.18 Å². The standard InChI is InChI=1S/C29H21F11N6O/c30-15-6-13(7-16(31)10-15)8-19(22-17(2-1-5-42-22)14-9-18(29(38,39)40)26(41)43-11-14)44-20(47)12-46-24-21(23(45-46)25(32)33)27(34,35)3-4-28(24,36)37/h1-2,5-7,9-11,19,25H,3-4,8,12H2,(H2,41,43)(H,44,47)/t19-/m0/s1. The van der Waals surface area contributed by atoms with Gasteiger partial charge in [0.15, 0.2) is 0 Å². The zero-order chi connectivity index (χ0) is 34.5. The van der Waals surface area contributed by atoms with Gasteiger partial charge in [-0.15, -0.1) is 0 Å². The number of carbonyl (C=O) groups excluding carboxylic acids is 1. The molecule has 1 atom stereocenters. The molecule has 3 heterocycles. The van der Waals surface area contributed by atoms with Crippen molar-refractivity contribution in [1.29, 1.82) is 0 Å². The van der Waals surface area contributed by atoms with Crippen molar-refractivity contribution < 1.29 is 53.1 Å². The number of nitrogens with two attached hydrogens (primary N) is 1. The van der Waals surface area contributed by atoms with Crippen LogP contribution in [-0.4, -0.2) is 25.7 Å². The van der Waals surface area contributed by atoms with Crippen LogP contribution in [0.15, 0.2) is 48.8 Å². The number of carbonyl (C=O) groups is 1. The van der Waals surface area contributed by atoms with E-state index < -0.39 is 102 Å². The predicted molar refractivity (Wildman–Crippen MR) is 142 cm³/mol. The maximum Gasteiger partial charge on any atom is 0.419 e. The third-order valence-corrected chi connectivity index (χ3v) is 7.35. The van der Waals surface area contributed by atoms with E-state index >= 15 is 0 Å². The highest BCUT2D eigenvalue weighted by atomic mass is 19.4. The fourth-order valence-electron chi connectivity index (χ4n) is 5.38. The number of amides is 1. The molecule has 7 nitrogen and oxygen atoms in total. The molecule has 0 bridgehead atoms. The number of aromatic nitrogens is 4. The van der Waals surface area contributed by atoms with Crippen molar-refractivity contribution in [1.82, 2.24) is 25.1 Å². The number of nitrogen functional groups attached to an aromatic ring is 1. The zero-order valence-electron chi connectivity index (χ0n) is 23.5. The van der Waals surface area contributed by atoms with Crippen molar-refractivity contribution in [3.8, 4) is 11.1 Å². The smallest absolute Gasteiger partial charge is 0.383 e. The number of rotatable bonds is 8. The van der Waals surface area contributed by atoms with E-state index in [0.29, 0.717) is 12.1 Å². The fourth-order valence-corrected chi connectivity index (χ4v) is 5.38. The van der Waals surface area contributed by atoms with Gasteiger partial charge in [0.2, 0.25) is 5.91 Å². The van der Waals surface area contributed by atoms with Gasteiger partial charge in [-0.2, -0.15) is 27.1 Å². The molecule has 1 aliphatic rings. The summed E-state index contributed by atoms with van der Waals surface area (Å²) in [5.41, 5.74) is -1.38. The quantitative estimate of drug-likeness (QED) is 0.192. The van der Waals surface area contributed by atoms with Gasteiger partial charge in [-0.05, 0) is 36.2 Å². The minimum Gasteiger partial charge on any atom is -0.383 e. The summed E-state index contributed by atoms with van der Waals surface area (Å²) in [6.07, 6.45) is -9.86. The molecule has 1 aliphatic carbocycles. The van der Waals surface area contributed by atoms with Crippen LogP contribution in [0.2, 0.25) is 0 Å². The second-order valence-electron chi connectivity index (χ2n) is 10.7. The summed E-state index contributed by atoms with van der Waals surface area (Å²) in [5, 5.41) is 5.55. The lowest BCUT2D eigenvalue weighted by Crippen LogP contribution is -2.37. The van der Waals surface area contributed by atoms with Crippen LogP contribution in [0.1, 0.15) is 59.1 Å². The lowest BCUT2D eigenvalue weighted by Gasteiger charge is -2.29. The molecular weight excluding hydrogens is 657 g/mol. The highest BCUT2D eigenvalue weighted by Crippen LogP contribution is 2.52. The van der Waals surface area contributed by atoms with E-state index in [4.69, 9.17) is 5.73 Å². The minimum atomic E-state index is -4.93. The SMILES string of the molecule is Nc1ncc(-c2cccnc2[C@H](Cc2cc(F)cc(F)c2)NC(=O)Cn2nc(C(F)F)c3c2C(F)(F)CCC3(F)F)cc1C(F)(F)F. The summed E-state index contributed by atoms with van der Waals surface area (Å²) < 4.78 is 155. The van der Waals surface area contributed by atoms with Crippen molar-refractivity contribution >= 4 is 11.7 Å². The van der Waals surface area contributed by atoms with Gasteiger partial charge in [-0.25, -0.2) is 31.3 Å². The average molecular weight is 679 g/mol. The molecule has 0 fully saturated rings. The molecule has 3 N–H and O–H groups in total. The van der Waals surface area contributed by atoms with E-state index in [1.54, 1.807) is 0 Å². The first kappa shape index (κ1) is 33.6. The first-order valence-corrected chi connectivity index (χ1v) is 13.5. The van der Waals surface area contributed by atoms with Crippen LogP contribution in [0.4, 0.5) is 54.1 Å². The number of nitrogens with one attached hydrogen (secondary N) is 1. The number of alkyl halides is 9. The molecule has 5 rings (SSSR count). The molecule has 18 heteroatoms. The molecule has 3 aromatic heterocycles. The number of anilines is 1. The Morgan fingerprint density at radius 2 is 1.64 bits per heavy atom. The minimum absolute atomic E-state index is 0.0387. The maximum absolute atomic E-state index is 14.9. The van der Waals surface area contributed by atoms with E-state index in [9.17, 15) is 53.1 Å². The molecule has 0 spiro atoms. The largest absolute Gasteiger partial charge is 0.419 e. The number of fused-ring (bicyclic) bond motifs is 1. The Bertz CT molecular complexity index is 1800. The van der Waals surface area contributed by atoms with Crippen molar-refractivity contribution in [2.24, 2.45) is 0 Å². The first-order chi connectivity index (χ1) is 21.9. The molecular formula is C29H21F11N6O. The Labute approximate surface area is 257 Å². The van der Waals surface area contributed by atoms with Crippen LogP contribution in [-0.2, 0) is 35.8 Å². The summed E-state index contributed by atoms with van der Waals surface area (Å²) in [5.74, 6) is -12.4. The molecule has 1 amide bonds. The van der Waals surface area contributed by atoms with Crippen molar-refractivity contribution in [2.75, 3.05) is 5.73 Å². The Morgan fingerprint density at radius 3 is 2.28 bits per heavy atom. The third kappa shape index (κ3) is 6.85. The van der Waals surface area contributed by atoms with Crippen LogP contribution in [0.3, 0.4) is 0 Å². The number of pyridine rings is 2. The highest BCUT2D eigenvalue weighted by Gasteiger charge is 2.55. The van der Waals surface area contributed by atoms with E-state index in [1.165, 1.54) is 18.3 Å². The molecule has 4 aromatic rings. The molecule has 250 valence electrons. The summed E-state index contributed by atoms with van der Waals surface area (Å²) in [4.78, 5) is 21.0. The third-order valence-electron chi connectivity index (χ3n) is 7.35. The zero-order valence-corrected chi connectivity index (χ0v) is 23.5. The predicted octanol–water partition coefficient (Wildman–Crippen LogP) is 7.23. The van der Waals surface area contributed by atoms with Gasteiger partial charge in [-0.1, -0.05) is 6.07 Å².